The maximum absolute atomic E-state index is 12.5. The van der Waals surface area contributed by atoms with Gasteiger partial charge in [0.25, 0.3) is 5.91 Å². The van der Waals surface area contributed by atoms with Gasteiger partial charge < -0.3 is 20.9 Å². The van der Waals surface area contributed by atoms with Crippen molar-refractivity contribution in [1.29, 1.82) is 0 Å². The number of nitrogens with two attached hydrogens (primary N) is 1. The van der Waals surface area contributed by atoms with Gasteiger partial charge in [-0.1, -0.05) is 48.5 Å². The lowest BCUT2D eigenvalue weighted by Gasteiger charge is -2.38. The van der Waals surface area contributed by atoms with Crippen molar-refractivity contribution in [3.8, 4) is 0 Å². The van der Waals surface area contributed by atoms with Crippen molar-refractivity contribution in [3.05, 3.63) is 89.5 Å². The maximum Gasteiger partial charge on any atom is 0.251 e. The molecule has 32 heavy (non-hydrogen) atoms. The normalized spacial score (nSPS) is 13.8. The molecule has 4 rings (SSSR count). The van der Waals surface area contributed by atoms with Crippen molar-refractivity contribution in [2.75, 3.05) is 48.3 Å². The molecule has 1 aliphatic rings. The molecule has 5 nitrogen and oxygen atoms in total. The highest BCUT2D eigenvalue weighted by Gasteiger charge is 2.20. The average molecular weight is 429 g/mol. The van der Waals surface area contributed by atoms with Gasteiger partial charge in [0.2, 0.25) is 0 Å². The summed E-state index contributed by atoms with van der Waals surface area (Å²) < 4.78 is 0. The molecule has 1 aliphatic heterocycles. The lowest BCUT2D eigenvalue weighted by molar-refractivity contribution is 0.0953. The molecule has 0 saturated carbocycles. The van der Waals surface area contributed by atoms with Crippen LogP contribution in [0.25, 0.3) is 0 Å². The molecule has 3 aromatic carbocycles. The number of carbonyl (C=O) groups is 1. The molecule has 0 unspecified atom stereocenters. The van der Waals surface area contributed by atoms with Gasteiger partial charge in [-0.05, 0) is 55.2 Å². The minimum Gasteiger partial charge on any atom is -0.397 e. The van der Waals surface area contributed by atoms with Crippen LogP contribution in [0.5, 0.6) is 0 Å². The van der Waals surface area contributed by atoms with Gasteiger partial charge in [-0.3, -0.25) is 4.79 Å². The number of nitrogen functional groups attached to an aromatic ring is 1. The predicted molar refractivity (Wildman–Crippen MR) is 134 cm³/mol. The summed E-state index contributed by atoms with van der Waals surface area (Å²) in [5.74, 6) is -0.0688. The second kappa shape index (κ2) is 10.2. The molecule has 1 fully saturated rings. The zero-order chi connectivity index (χ0) is 22.3. The Bertz CT molecular complexity index is 1040. The molecule has 1 heterocycles. The Morgan fingerprint density at radius 1 is 0.875 bits per heavy atom. The molecule has 0 spiro atoms. The first kappa shape index (κ1) is 21.8. The third kappa shape index (κ3) is 5.22. The summed E-state index contributed by atoms with van der Waals surface area (Å²) in [6.07, 6.45) is 1.87. The van der Waals surface area contributed by atoms with Crippen molar-refractivity contribution >= 4 is 23.0 Å². The van der Waals surface area contributed by atoms with Crippen LogP contribution in [0.15, 0.2) is 72.8 Å². The summed E-state index contributed by atoms with van der Waals surface area (Å²) in [4.78, 5) is 17.3. The number of rotatable bonds is 7. The third-order valence-electron chi connectivity index (χ3n) is 6.14. The van der Waals surface area contributed by atoms with Crippen LogP contribution in [0, 0.1) is 6.92 Å². The van der Waals surface area contributed by atoms with E-state index in [9.17, 15) is 4.79 Å². The molecule has 3 N–H and O–H groups in total. The van der Waals surface area contributed by atoms with Crippen molar-refractivity contribution in [1.82, 2.24) is 5.32 Å². The molecule has 1 amide bonds. The third-order valence-corrected chi connectivity index (χ3v) is 6.14. The summed E-state index contributed by atoms with van der Waals surface area (Å²) >= 11 is 0. The van der Waals surface area contributed by atoms with E-state index in [0.717, 1.165) is 44.7 Å². The van der Waals surface area contributed by atoms with Gasteiger partial charge >= 0.3 is 0 Å². The molecule has 0 radical (unpaired) electrons. The number of aryl methyl sites for hydroxylation is 2. The molecule has 0 aromatic heterocycles. The number of nitrogens with one attached hydrogen (secondary N) is 1. The second-order valence-electron chi connectivity index (χ2n) is 8.38. The fourth-order valence-electron chi connectivity index (χ4n) is 4.33. The minimum absolute atomic E-state index is 0.0688. The Labute approximate surface area is 190 Å². The van der Waals surface area contributed by atoms with Crippen LogP contribution in [-0.2, 0) is 6.42 Å². The first-order valence-electron chi connectivity index (χ1n) is 11.4. The number of piperazine rings is 1. The Balaban J connectivity index is 1.29. The standard InChI is InChI=1S/C27H32N4O/c1-21-8-5-6-12-25(21)30-16-18-31(19-17-30)26-14-13-23(20-24(26)28)27(32)29-15-7-11-22-9-3-2-4-10-22/h2-6,8-10,12-14,20H,7,11,15-19,28H2,1H3,(H,29,32). The predicted octanol–water partition coefficient (Wildman–Crippen LogP) is 4.27. The van der Waals surface area contributed by atoms with Crippen molar-refractivity contribution in [2.24, 2.45) is 0 Å². The fraction of sp³-hybridized carbons (Fsp3) is 0.296. The van der Waals surface area contributed by atoms with Gasteiger partial charge in [-0.25, -0.2) is 0 Å². The number of anilines is 3. The van der Waals surface area contributed by atoms with E-state index >= 15 is 0 Å². The van der Waals surface area contributed by atoms with E-state index in [0.29, 0.717) is 17.8 Å². The highest BCUT2D eigenvalue weighted by Crippen LogP contribution is 2.27. The van der Waals surface area contributed by atoms with E-state index in [1.54, 1.807) is 6.07 Å². The highest BCUT2D eigenvalue weighted by molar-refractivity contribution is 5.96. The molecule has 0 aliphatic carbocycles. The summed E-state index contributed by atoms with van der Waals surface area (Å²) in [5.41, 5.74) is 12.5. The summed E-state index contributed by atoms with van der Waals surface area (Å²) in [7, 11) is 0. The van der Waals surface area contributed by atoms with Gasteiger partial charge in [0.05, 0.1) is 11.4 Å². The Kier molecular flexibility index (Phi) is 6.95. The molecular formula is C27H32N4O. The smallest absolute Gasteiger partial charge is 0.251 e. The number of hydrogen-bond donors (Lipinski definition) is 2. The van der Waals surface area contributed by atoms with Crippen LogP contribution in [0.2, 0.25) is 0 Å². The van der Waals surface area contributed by atoms with Crippen LogP contribution in [-0.4, -0.2) is 38.6 Å². The molecule has 5 heteroatoms. The van der Waals surface area contributed by atoms with Gasteiger partial charge in [0.1, 0.15) is 0 Å². The van der Waals surface area contributed by atoms with Crippen molar-refractivity contribution < 1.29 is 4.79 Å². The Morgan fingerprint density at radius 3 is 2.22 bits per heavy atom. The number of hydrogen-bond acceptors (Lipinski definition) is 4. The van der Waals surface area contributed by atoms with E-state index < -0.39 is 0 Å². The topological polar surface area (TPSA) is 61.6 Å². The summed E-state index contributed by atoms with van der Waals surface area (Å²) in [6, 6.07) is 24.5. The molecule has 166 valence electrons. The van der Waals surface area contributed by atoms with Gasteiger partial charge in [0.15, 0.2) is 0 Å². The molecule has 3 aromatic rings. The monoisotopic (exact) mass is 428 g/mol. The highest BCUT2D eigenvalue weighted by atomic mass is 16.1. The minimum atomic E-state index is -0.0688. The van der Waals surface area contributed by atoms with Crippen LogP contribution in [0.3, 0.4) is 0 Å². The number of amides is 1. The quantitative estimate of drug-likeness (QED) is 0.436. The van der Waals surface area contributed by atoms with Gasteiger partial charge in [-0.2, -0.15) is 0 Å². The van der Waals surface area contributed by atoms with E-state index in [1.165, 1.54) is 16.8 Å². The molecule has 0 bridgehead atoms. The average Bonchev–Trinajstić information content (AvgIpc) is 2.83. The van der Waals surface area contributed by atoms with E-state index in [-0.39, 0.29) is 5.91 Å². The first-order valence-corrected chi connectivity index (χ1v) is 11.4. The molecule has 0 atom stereocenters. The van der Waals surface area contributed by atoms with Crippen LogP contribution in [0.1, 0.15) is 27.9 Å². The lowest BCUT2D eigenvalue weighted by Crippen LogP contribution is -2.47. The van der Waals surface area contributed by atoms with E-state index in [1.807, 2.05) is 30.3 Å². The molecule has 1 saturated heterocycles. The van der Waals surface area contributed by atoms with Crippen LogP contribution < -0.4 is 20.9 Å². The number of benzene rings is 3. The van der Waals surface area contributed by atoms with Crippen LogP contribution in [0.4, 0.5) is 17.1 Å². The zero-order valence-electron chi connectivity index (χ0n) is 18.8. The Hall–Kier alpha value is -3.47. The van der Waals surface area contributed by atoms with Gasteiger partial charge in [0, 0.05) is 44.0 Å². The van der Waals surface area contributed by atoms with Gasteiger partial charge in [-0.15, -0.1) is 0 Å². The number of carbonyl (C=O) groups excluding carboxylic acids is 1. The molecular weight excluding hydrogens is 396 g/mol. The van der Waals surface area contributed by atoms with Crippen molar-refractivity contribution in [3.63, 3.8) is 0 Å². The largest absolute Gasteiger partial charge is 0.397 e. The first-order chi connectivity index (χ1) is 15.6. The lowest BCUT2D eigenvalue weighted by atomic mass is 10.1. The SMILES string of the molecule is Cc1ccccc1N1CCN(c2ccc(C(=O)NCCCc3ccccc3)cc2N)CC1. The second-order valence-corrected chi connectivity index (χ2v) is 8.38. The number of para-hydroxylation sites is 1. The van der Waals surface area contributed by atoms with Crippen LogP contribution >= 0.6 is 0 Å². The zero-order valence-corrected chi connectivity index (χ0v) is 18.8. The maximum atomic E-state index is 12.5. The Morgan fingerprint density at radius 2 is 1.53 bits per heavy atom. The summed E-state index contributed by atoms with van der Waals surface area (Å²) in [5, 5.41) is 3.01. The van der Waals surface area contributed by atoms with E-state index in [4.69, 9.17) is 5.73 Å². The summed E-state index contributed by atoms with van der Waals surface area (Å²) in [6.45, 7) is 6.52. The number of nitrogens with zero attached hydrogens (tertiary/aromatic N) is 2. The fourth-order valence-corrected chi connectivity index (χ4v) is 4.33. The van der Waals surface area contributed by atoms with Crippen molar-refractivity contribution in [2.45, 2.75) is 19.8 Å². The van der Waals surface area contributed by atoms with E-state index in [2.05, 4.69) is 58.4 Å².